The van der Waals surface area contributed by atoms with E-state index in [0.717, 1.165) is 0 Å². The Morgan fingerprint density at radius 1 is 1.06 bits per heavy atom. The maximum Gasteiger partial charge on any atom is 0.313 e. The van der Waals surface area contributed by atoms with Crippen LogP contribution in [-0.4, -0.2) is 21.4 Å². The Hall–Kier alpha value is -1.46. The van der Waals surface area contributed by atoms with Crippen LogP contribution < -0.4 is 22.1 Å². The second-order valence-electron chi connectivity index (χ2n) is 2.83. The third kappa shape index (κ3) is 3.80. The third-order valence-electron chi connectivity index (χ3n) is 1.69. The lowest BCUT2D eigenvalue weighted by molar-refractivity contribution is 0.239. The van der Waals surface area contributed by atoms with Gasteiger partial charge in [0.1, 0.15) is 13.3 Å². The van der Waals surface area contributed by atoms with Crippen LogP contribution in [0, 0.1) is 7.91 Å². The lowest BCUT2D eigenvalue weighted by Gasteiger charge is -2.11. The van der Waals surface area contributed by atoms with Gasteiger partial charge >= 0.3 is 12.1 Å². The van der Waals surface area contributed by atoms with E-state index >= 15 is 0 Å². The van der Waals surface area contributed by atoms with E-state index in [1.807, 2.05) is 0 Å². The maximum atomic E-state index is 10.6. The van der Waals surface area contributed by atoms with Crippen molar-refractivity contribution in [2.45, 2.75) is 13.3 Å². The Bertz CT molecular complexity index is 496. The van der Waals surface area contributed by atoms with E-state index in [1.165, 1.54) is 20.7 Å². The zero-order valence-electron chi connectivity index (χ0n) is 8.50. The van der Waals surface area contributed by atoms with Crippen molar-refractivity contribution in [3.8, 4) is 0 Å². The molecule has 4 amide bonds. The molecule has 0 radical (unpaired) electrons. The molecule has 0 aliphatic rings. The van der Waals surface area contributed by atoms with E-state index < -0.39 is 12.1 Å². The molecule has 0 aromatic carbocycles. The summed E-state index contributed by atoms with van der Waals surface area (Å²) < 4.78 is 3.91. The summed E-state index contributed by atoms with van der Waals surface area (Å²) in [5.74, 6) is 0. The largest absolute Gasteiger partial charge is 0.352 e. The van der Waals surface area contributed by atoms with Crippen LogP contribution in [0.4, 0.5) is 9.59 Å². The summed E-state index contributed by atoms with van der Waals surface area (Å²) in [6.45, 7) is 0.142. The molecule has 11 heteroatoms. The molecular weight excluding hydrogens is 284 g/mol. The van der Waals surface area contributed by atoms with Crippen molar-refractivity contribution in [3.05, 3.63) is 7.91 Å². The quantitative estimate of drug-likeness (QED) is 0.587. The average molecular weight is 294 g/mol. The average Bonchev–Trinajstić information content (AvgIpc) is 2.47. The lowest BCUT2D eigenvalue weighted by Crippen LogP contribution is -2.37. The maximum absolute atomic E-state index is 10.6. The molecule has 8 nitrogen and oxygen atoms in total. The van der Waals surface area contributed by atoms with Crippen molar-refractivity contribution >= 4 is 47.8 Å². The zero-order chi connectivity index (χ0) is 13.0. The molecule has 0 aliphatic carbocycles. The fourth-order valence-corrected chi connectivity index (χ4v) is 2.63. The second kappa shape index (κ2) is 5.75. The van der Waals surface area contributed by atoms with Gasteiger partial charge in [-0.25, -0.2) is 19.0 Å². The summed E-state index contributed by atoms with van der Waals surface area (Å²) in [5, 5.41) is 4.75. The van der Waals surface area contributed by atoms with Gasteiger partial charge in [0.25, 0.3) is 0 Å². The summed E-state index contributed by atoms with van der Waals surface area (Å²) in [6.07, 6.45) is 0. The Morgan fingerprint density at radius 2 is 1.41 bits per heavy atom. The first-order chi connectivity index (χ1) is 7.91. The SMILES string of the molecule is NC(=O)NCn1c(=S)sc(=S)n1CNC(N)=O. The Morgan fingerprint density at radius 3 is 1.71 bits per heavy atom. The van der Waals surface area contributed by atoms with Crippen molar-refractivity contribution in [3.63, 3.8) is 0 Å². The van der Waals surface area contributed by atoms with Crippen LogP contribution in [0.2, 0.25) is 0 Å². The van der Waals surface area contributed by atoms with Crippen LogP contribution in [-0.2, 0) is 13.3 Å². The van der Waals surface area contributed by atoms with E-state index in [-0.39, 0.29) is 13.3 Å². The molecular formula is C6H10N6O2S3. The molecule has 1 heterocycles. The highest BCUT2D eigenvalue weighted by molar-refractivity contribution is 7.75. The van der Waals surface area contributed by atoms with Crippen molar-refractivity contribution < 1.29 is 9.59 Å². The number of nitrogens with two attached hydrogens (primary N) is 2. The van der Waals surface area contributed by atoms with E-state index in [2.05, 4.69) is 10.6 Å². The second-order valence-corrected chi connectivity index (χ2v) is 5.10. The zero-order valence-corrected chi connectivity index (χ0v) is 11.0. The van der Waals surface area contributed by atoms with Gasteiger partial charge in [-0.1, -0.05) is 11.3 Å². The highest BCUT2D eigenvalue weighted by atomic mass is 32.2. The first kappa shape index (κ1) is 13.6. The monoisotopic (exact) mass is 294 g/mol. The van der Waals surface area contributed by atoms with Gasteiger partial charge in [0.15, 0.2) is 7.91 Å². The fourth-order valence-electron chi connectivity index (χ4n) is 0.983. The number of carbonyl (C=O) groups excluding carboxylic acids is 2. The fraction of sp³-hybridized carbons (Fsp3) is 0.333. The molecule has 0 fully saturated rings. The van der Waals surface area contributed by atoms with Crippen LogP contribution in [0.25, 0.3) is 0 Å². The normalized spacial score (nSPS) is 9.88. The minimum absolute atomic E-state index is 0.0712. The first-order valence-corrected chi connectivity index (χ1v) is 5.92. The molecule has 0 bridgehead atoms. The minimum atomic E-state index is -0.682. The standard InChI is InChI=1S/C6H10N6O2S3/c7-3(13)9-1-11-5(15)17-6(16)12(11)2-10-4(8)14/h1-2H2,(H3,7,9,13)(H3,8,10,14). The summed E-state index contributed by atoms with van der Waals surface area (Å²) in [4.78, 5) is 21.2. The van der Waals surface area contributed by atoms with Crippen molar-refractivity contribution in [1.29, 1.82) is 0 Å². The van der Waals surface area contributed by atoms with E-state index in [4.69, 9.17) is 35.9 Å². The van der Waals surface area contributed by atoms with Gasteiger partial charge in [0, 0.05) is 0 Å². The summed E-state index contributed by atoms with van der Waals surface area (Å²) in [7, 11) is 0. The number of carbonyl (C=O) groups is 2. The molecule has 17 heavy (non-hydrogen) atoms. The van der Waals surface area contributed by atoms with Gasteiger partial charge in [-0.2, -0.15) is 0 Å². The summed E-state index contributed by atoms with van der Waals surface area (Å²) in [5.41, 5.74) is 9.90. The molecule has 0 saturated heterocycles. The molecule has 0 spiro atoms. The molecule has 0 unspecified atom stereocenters. The molecule has 0 atom stereocenters. The van der Waals surface area contributed by atoms with Gasteiger partial charge in [0.2, 0.25) is 0 Å². The van der Waals surface area contributed by atoms with Gasteiger partial charge in [-0.3, -0.25) is 0 Å². The smallest absolute Gasteiger partial charge is 0.313 e. The van der Waals surface area contributed by atoms with Crippen LogP contribution in [0.1, 0.15) is 0 Å². The number of rotatable bonds is 4. The minimum Gasteiger partial charge on any atom is -0.352 e. The molecule has 1 rings (SSSR count). The van der Waals surface area contributed by atoms with Gasteiger partial charge in [-0.05, 0) is 24.4 Å². The molecule has 1 aromatic rings. The van der Waals surface area contributed by atoms with Crippen LogP contribution in [0.3, 0.4) is 0 Å². The number of aromatic nitrogens is 2. The Kier molecular flexibility index (Phi) is 4.60. The predicted molar refractivity (Wildman–Crippen MR) is 67.4 cm³/mol. The van der Waals surface area contributed by atoms with Gasteiger partial charge in [-0.15, -0.1) is 0 Å². The van der Waals surface area contributed by atoms with Crippen LogP contribution in [0.5, 0.6) is 0 Å². The molecule has 6 N–H and O–H groups in total. The van der Waals surface area contributed by atoms with Crippen molar-refractivity contribution in [1.82, 2.24) is 20.0 Å². The molecule has 0 aliphatic heterocycles. The summed E-state index contributed by atoms with van der Waals surface area (Å²) in [6, 6.07) is -1.36. The topological polar surface area (TPSA) is 120 Å². The van der Waals surface area contributed by atoms with Crippen LogP contribution >= 0.6 is 35.8 Å². The number of hydrogen-bond acceptors (Lipinski definition) is 5. The predicted octanol–water partition coefficient (Wildman–Crippen LogP) is 0.0617. The van der Waals surface area contributed by atoms with Gasteiger partial charge < -0.3 is 22.1 Å². The highest BCUT2D eigenvalue weighted by Gasteiger charge is 2.06. The molecule has 94 valence electrons. The number of nitrogens with zero attached hydrogens (tertiary/aromatic N) is 2. The first-order valence-electron chi connectivity index (χ1n) is 4.29. The van der Waals surface area contributed by atoms with Crippen LogP contribution in [0.15, 0.2) is 0 Å². The third-order valence-corrected chi connectivity index (χ3v) is 3.39. The van der Waals surface area contributed by atoms with Crippen molar-refractivity contribution in [2.75, 3.05) is 0 Å². The van der Waals surface area contributed by atoms with Gasteiger partial charge in [0.05, 0.1) is 0 Å². The molecule has 0 saturated carbocycles. The van der Waals surface area contributed by atoms with Crippen molar-refractivity contribution in [2.24, 2.45) is 11.5 Å². The Labute approximate surface area is 110 Å². The number of amides is 4. The number of nitrogens with one attached hydrogen (secondary N) is 2. The highest BCUT2D eigenvalue weighted by Crippen LogP contribution is 2.07. The Balaban J connectivity index is 2.94. The lowest BCUT2D eigenvalue weighted by atomic mass is 10.9. The number of hydrogen-bond donors (Lipinski definition) is 4. The summed E-state index contributed by atoms with van der Waals surface area (Å²) >= 11 is 11.3. The van der Waals surface area contributed by atoms with E-state index in [1.54, 1.807) is 0 Å². The van der Waals surface area contributed by atoms with E-state index in [9.17, 15) is 9.59 Å². The molecule has 1 aromatic heterocycles. The number of primary amides is 2. The van der Waals surface area contributed by atoms with E-state index in [0.29, 0.717) is 7.91 Å². The number of urea groups is 2.